The van der Waals surface area contributed by atoms with E-state index < -0.39 is 17.4 Å². The lowest BCUT2D eigenvalue weighted by Crippen LogP contribution is -2.57. The van der Waals surface area contributed by atoms with Crippen LogP contribution in [0.3, 0.4) is 0 Å². The van der Waals surface area contributed by atoms with Crippen molar-refractivity contribution in [3.63, 3.8) is 0 Å². The third-order valence-electron chi connectivity index (χ3n) is 6.86. The van der Waals surface area contributed by atoms with E-state index in [2.05, 4.69) is 12.2 Å². The molecule has 0 aromatic carbocycles. The molecule has 0 radical (unpaired) electrons. The zero-order chi connectivity index (χ0) is 19.9. The highest BCUT2D eigenvalue weighted by molar-refractivity contribution is 5.77. The van der Waals surface area contributed by atoms with Gasteiger partial charge in [-0.3, -0.25) is 0 Å². The van der Waals surface area contributed by atoms with Crippen LogP contribution in [0.2, 0.25) is 0 Å². The van der Waals surface area contributed by atoms with Crippen LogP contribution in [0.4, 0.5) is 0 Å². The maximum Gasteiger partial charge on any atom is 0.341 e. The first kappa shape index (κ1) is 22.4. The second-order valence-corrected chi connectivity index (χ2v) is 8.95. The highest BCUT2D eigenvalue weighted by Gasteiger charge is 2.50. The topological polar surface area (TPSA) is 98.0 Å². The molecule has 0 spiro atoms. The van der Waals surface area contributed by atoms with Gasteiger partial charge in [0.05, 0.1) is 0 Å². The van der Waals surface area contributed by atoms with Gasteiger partial charge >= 0.3 is 5.97 Å². The number of aliphatic hydroxyl groups is 3. The highest BCUT2D eigenvalue weighted by atomic mass is 16.5. The smallest absolute Gasteiger partial charge is 0.341 e. The van der Waals surface area contributed by atoms with Crippen molar-refractivity contribution in [2.75, 3.05) is 0 Å². The van der Waals surface area contributed by atoms with Crippen molar-refractivity contribution in [2.24, 2.45) is 17.8 Å². The van der Waals surface area contributed by atoms with Crippen LogP contribution in [-0.2, 0) is 4.79 Å². The Hall–Kier alpha value is -0.910. The van der Waals surface area contributed by atoms with Crippen LogP contribution in [0.25, 0.3) is 0 Å². The van der Waals surface area contributed by atoms with Crippen LogP contribution in [0.5, 0.6) is 0 Å². The molecule has 4 N–H and O–H groups in total. The Kier molecular flexibility index (Phi) is 8.32. The van der Waals surface area contributed by atoms with Crippen molar-refractivity contribution in [1.29, 1.82) is 0 Å². The van der Waals surface area contributed by atoms with Gasteiger partial charge in [-0.15, -0.1) is 0 Å². The first-order valence-electron chi connectivity index (χ1n) is 10.8. The Morgan fingerprint density at radius 1 is 1.00 bits per heavy atom. The standard InChI is InChI=1S/C22H38O5/c1-21(25,20(23)24)22(26,27)16-7-6-13-19-15-8-14-18(19)12-5-4-11-17-9-2-3-10-17/h5,12,17-19,25-27H,2-4,6-11,13-16H2,1H3,(H,23,24)/b12-5+/t18-,19-,21?/m0/s1. The SMILES string of the molecule is CC(O)(C(=O)O)C(O)(O)CCCC[C@H]1CCC[C@@H]1/C=C/CCC1CCCC1. The van der Waals surface area contributed by atoms with Crippen molar-refractivity contribution in [3.05, 3.63) is 12.2 Å². The molecule has 156 valence electrons. The van der Waals surface area contributed by atoms with Gasteiger partial charge in [0.2, 0.25) is 11.4 Å². The van der Waals surface area contributed by atoms with Gasteiger partial charge in [0.15, 0.2) is 0 Å². The number of hydrogen-bond acceptors (Lipinski definition) is 4. The quantitative estimate of drug-likeness (QED) is 0.246. The summed E-state index contributed by atoms with van der Waals surface area (Å²) in [7, 11) is 0. The Labute approximate surface area is 163 Å². The van der Waals surface area contributed by atoms with E-state index in [1.54, 1.807) is 0 Å². The maximum absolute atomic E-state index is 11.0. The second-order valence-electron chi connectivity index (χ2n) is 8.95. The van der Waals surface area contributed by atoms with Crippen molar-refractivity contribution >= 4 is 5.97 Å². The number of carbonyl (C=O) groups is 1. The molecule has 5 heteroatoms. The van der Waals surface area contributed by atoms with Gasteiger partial charge in [-0.1, -0.05) is 50.7 Å². The van der Waals surface area contributed by atoms with Crippen LogP contribution in [0.15, 0.2) is 12.2 Å². The summed E-state index contributed by atoms with van der Waals surface area (Å²) in [4.78, 5) is 11.0. The van der Waals surface area contributed by atoms with E-state index in [0.29, 0.717) is 18.3 Å². The van der Waals surface area contributed by atoms with E-state index in [9.17, 15) is 20.1 Å². The Balaban J connectivity index is 1.67. The minimum absolute atomic E-state index is 0.138. The number of hydrogen-bond donors (Lipinski definition) is 4. The van der Waals surface area contributed by atoms with Gasteiger partial charge < -0.3 is 20.4 Å². The summed E-state index contributed by atoms with van der Waals surface area (Å²) in [5.41, 5.74) is -2.55. The molecule has 2 rings (SSSR count). The molecule has 3 atom stereocenters. The monoisotopic (exact) mass is 382 g/mol. The first-order valence-corrected chi connectivity index (χ1v) is 10.8. The predicted octanol–water partition coefficient (Wildman–Crippen LogP) is 4.01. The molecule has 0 aromatic heterocycles. The zero-order valence-corrected chi connectivity index (χ0v) is 16.8. The molecule has 0 amide bonds. The fourth-order valence-electron chi connectivity index (χ4n) is 4.77. The molecule has 0 aliphatic heterocycles. The summed E-state index contributed by atoms with van der Waals surface area (Å²) in [6.45, 7) is 0.929. The third kappa shape index (κ3) is 6.30. The lowest BCUT2D eigenvalue weighted by Gasteiger charge is -2.33. The molecule has 27 heavy (non-hydrogen) atoms. The summed E-state index contributed by atoms with van der Waals surface area (Å²) in [5, 5.41) is 38.5. The molecule has 2 aliphatic carbocycles. The summed E-state index contributed by atoms with van der Waals surface area (Å²) in [6, 6.07) is 0. The van der Waals surface area contributed by atoms with Gasteiger partial charge in [0.25, 0.3) is 0 Å². The number of allylic oxidation sites excluding steroid dienone is 2. The number of aliphatic carboxylic acids is 1. The molecule has 0 saturated heterocycles. The molecule has 2 saturated carbocycles. The average molecular weight is 383 g/mol. The average Bonchev–Trinajstić information content (AvgIpc) is 3.27. The molecule has 1 unspecified atom stereocenters. The fourth-order valence-corrected chi connectivity index (χ4v) is 4.77. The van der Waals surface area contributed by atoms with E-state index in [1.807, 2.05) is 0 Å². The number of rotatable bonds is 11. The molecule has 2 aliphatic rings. The second kappa shape index (κ2) is 10.0. The molecule has 0 bridgehead atoms. The van der Waals surface area contributed by atoms with E-state index in [-0.39, 0.29) is 6.42 Å². The number of carboxylic acids is 1. The third-order valence-corrected chi connectivity index (χ3v) is 6.86. The van der Waals surface area contributed by atoms with Gasteiger partial charge in [-0.05, 0) is 63.2 Å². The van der Waals surface area contributed by atoms with E-state index in [4.69, 9.17) is 5.11 Å². The molecular weight excluding hydrogens is 344 g/mol. The Morgan fingerprint density at radius 3 is 2.37 bits per heavy atom. The van der Waals surface area contributed by atoms with Gasteiger partial charge in [-0.2, -0.15) is 0 Å². The Bertz CT molecular complexity index is 491. The van der Waals surface area contributed by atoms with Crippen molar-refractivity contribution in [1.82, 2.24) is 0 Å². The Morgan fingerprint density at radius 2 is 1.70 bits per heavy atom. The summed E-state index contributed by atoms with van der Waals surface area (Å²) in [6.07, 6.45) is 18.8. The van der Waals surface area contributed by atoms with Gasteiger partial charge in [0.1, 0.15) is 0 Å². The normalized spacial score (nSPS) is 26.7. The minimum Gasteiger partial charge on any atom is -0.479 e. The largest absolute Gasteiger partial charge is 0.479 e. The molecule has 0 heterocycles. The molecule has 0 aromatic rings. The summed E-state index contributed by atoms with van der Waals surface area (Å²) in [5.74, 6) is -2.02. The maximum atomic E-state index is 11.0. The summed E-state index contributed by atoms with van der Waals surface area (Å²) < 4.78 is 0. The predicted molar refractivity (Wildman–Crippen MR) is 105 cm³/mol. The van der Waals surface area contributed by atoms with Crippen LogP contribution in [-0.4, -0.2) is 37.8 Å². The number of carboxylic acid groups (broad SMARTS) is 1. The fraction of sp³-hybridized carbons (Fsp3) is 0.864. The van der Waals surface area contributed by atoms with Gasteiger partial charge in [0, 0.05) is 6.42 Å². The van der Waals surface area contributed by atoms with E-state index >= 15 is 0 Å². The first-order chi connectivity index (χ1) is 12.7. The number of unbranched alkanes of at least 4 members (excludes halogenated alkanes) is 1. The lowest BCUT2D eigenvalue weighted by atomic mass is 9.87. The van der Waals surface area contributed by atoms with Crippen molar-refractivity contribution in [2.45, 2.75) is 102 Å². The zero-order valence-electron chi connectivity index (χ0n) is 16.8. The molecule has 2 fully saturated rings. The highest BCUT2D eigenvalue weighted by Crippen LogP contribution is 2.37. The van der Waals surface area contributed by atoms with E-state index in [1.165, 1.54) is 57.8 Å². The van der Waals surface area contributed by atoms with Gasteiger partial charge in [-0.25, -0.2) is 4.79 Å². The molecular formula is C22H38O5. The summed E-state index contributed by atoms with van der Waals surface area (Å²) >= 11 is 0. The van der Waals surface area contributed by atoms with Crippen LogP contribution >= 0.6 is 0 Å². The van der Waals surface area contributed by atoms with Crippen molar-refractivity contribution in [3.8, 4) is 0 Å². The van der Waals surface area contributed by atoms with Crippen LogP contribution in [0, 0.1) is 17.8 Å². The van der Waals surface area contributed by atoms with Crippen LogP contribution < -0.4 is 0 Å². The van der Waals surface area contributed by atoms with Crippen LogP contribution in [0.1, 0.15) is 90.4 Å². The van der Waals surface area contributed by atoms with E-state index in [0.717, 1.165) is 25.7 Å². The molecule has 5 nitrogen and oxygen atoms in total. The lowest BCUT2D eigenvalue weighted by molar-refractivity contribution is -0.270. The minimum atomic E-state index is -2.60. The van der Waals surface area contributed by atoms with Crippen molar-refractivity contribution < 1.29 is 25.2 Å².